The molecule has 0 aromatic rings. The molecule has 0 radical (unpaired) electrons. The summed E-state index contributed by atoms with van der Waals surface area (Å²) in [7, 11) is 2.10. The van der Waals surface area contributed by atoms with Crippen molar-refractivity contribution in [3.63, 3.8) is 0 Å². The highest BCUT2D eigenvalue weighted by Gasteiger charge is 2.32. The van der Waals surface area contributed by atoms with Gasteiger partial charge < -0.3 is 10.0 Å². The van der Waals surface area contributed by atoms with Gasteiger partial charge in [0.1, 0.15) is 0 Å². The molecule has 3 heteroatoms. The van der Waals surface area contributed by atoms with Crippen LogP contribution in [-0.4, -0.2) is 36.2 Å². The molecule has 0 aromatic carbocycles. The summed E-state index contributed by atoms with van der Waals surface area (Å²) in [6.45, 7) is 3.38. The van der Waals surface area contributed by atoms with E-state index in [4.69, 9.17) is 5.11 Å². The molecule has 1 rings (SSSR count). The van der Waals surface area contributed by atoms with Crippen LogP contribution in [0.1, 0.15) is 45.4 Å². The van der Waals surface area contributed by atoms with Gasteiger partial charge in [-0.2, -0.15) is 5.26 Å². The third-order valence-electron chi connectivity index (χ3n) is 4.02. The molecule has 3 atom stereocenters. The molecule has 0 aliphatic heterocycles. The quantitative estimate of drug-likeness (QED) is 0.773. The lowest BCUT2D eigenvalue weighted by molar-refractivity contribution is 0.114. The third kappa shape index (κ3) is 4.29. The zero-order valence-corrected chi connectivity index (χ0v) is 11.2. The Morgan fingerprint density at radius 2 is 2.18 bits per heavy atom. The van der Waals surface area contributed by atoms with Crippen molar-refractivity contribution in [3.05, 3.63) is 0 Å². The Labute approximate surface area is 105 Å². The van der Waals surface area contributed by atoms with Crippen LogP contribution in [0.4, 0.5) is 0 Å². The fraction of sp³-hybridized carbons (Fsp3) is 0.929. The molecule has 98 valence electrons. The van der Waals surface area contributed by atoms with Crippen LogP contribution < -0.4 is 0 Å². The Bertz CT molecular complexity index is 249. The van der Waals surface area contributed by atoms with Gasteiger partial charge in [0, 0.05) is 19.2 Å². The molecule has 0 amide bonds. The fourth-order valence-corrected chi connectivity index (χ4v) is 3.03. The highest BCUT2D eigenvalue weighted by Crippen LogP contribution is 2.34. The van der Waals surface area contributed by atoms with E-state index in [0.717, 1.165) is 31.7 Å². The van der Waals surface area contributed by atoms with Crippen LogP contribution in [0.15, 0.2) is 0 Å². The van der Waals surface area contributed by atoms with Gasteiger partial charge in [0.2, 0.25) is 0 Å². The second-order valence-corrected chi connectivity index (χ2v) is 5.33. The average Bonchev–Trinajstić information content (AvgIpc) is 2.36. The van der Waals surface area contributed by atoms with Crippen molar-refractivity contribution < 1.29 is 5.11 Å². The number of nitriles is 1. The summed E-state index contributed by atoms with van der Waals surface area (Å²) in [6.07, 6.45) is 6.78. The third-order valence-corrected chi connectivity index (χ3v) is 4.02. The number of hydrogen-bond acceptors (Lipinski definition) is 3. The highest BCUT2D eigenvalue weighted by molar-refractivity contribution is 4.97. The van der Waals surface area contributed by atoms with Crippen molar-refractivity contribution >= 4 is 0 Å². The van der Waals surface area contributed by atoms with Crippen molar-refractivity contribution in [3.8, 4) is 6.07 Å². The molecule has 1 N–H and O–H groups in total. The van der Waals surface area contributed by atoms with Crippen LogP contribution >= 0.6 is 0 Å². The highest BCUT2D eigenvalue weighted by atomic mass is 16.3. The van der Waals surface area contributed by atoms with E-state index in [1.54, 1.807) is 0 Å². The lowest BCUT2D eigenvalue weighted by atomic mass is 9.76. The molecule has 3 nitrogen and oxygen atoms in total. The maximum atomic E-state index is 9.23. The lowest BCUT2D eigenvalue weighted by Gasteiger charge is -2.38. The minimum absolute atomic E-state index is 0.187. The van der Waals surface area contributed by atoms with E-state index >= 15 is 0 Å². The van der Waals surface area contributed by atoms with Crippen LogP contribution in [0, 0.1) is 23.2 Å². The van der Waals surface area contributed by atoms with Gasteiger partial charge in [-0.05, 0) is 38.6 Å². The van der Waals surface area contributed by atoms with E-state index in [1.807, 2.05) is 0 Å². The molecule has 1 saturated carbocycles. The molecular weight excluding hydrogens is 212 g/mol. The summed E-state index contributed by atoms with van der Waals surface area (Å²) in [4.78, 5) is 2.28. The summed E-state index contributed by atoms with van der Waals surface area (Å²) in [5.41, 5.74) is 0. The average molecular weight is 238 g/mol. The standard InChI is InChI=1S/C14H26N2O/c1-3-5-12-6-7-13(11-15)14(10-12)16(2)8-4-9-17/h12-14,17H,3-10H2,1-2H3. The number of aliphatic hydroxyl groups excluding tert-OH is 1. The number of nitrogens with zero attached hydrogens (tertiary/aromatic N) is 2. The van der Waals surface area contributed by atoms with Crippen LogP contribution in [0.2, 0.25) is 0 Å². The molecular formula is C14H26N2O. The normalized spacial score (nSPS) is 29.2. The molecule has 0 spiro atoms. The Hall–Kier alpha value is -0.590. The van der Waals surface area contributed by atoms with E-state index in [-0.39, 0.29) is 12.5 Å². The van der Waals surface area contributed by atoms with Gasteiger partial charge in [0.05, 0.1) is 12.0 Å². The predicted octanol–water partition coefficient (Wildman–Crippen LogP) is 2.41. The molecule has 0 heterocycles. The molecule has 1 fully saturated rings. The number of rotatable bonds is 6. The van der Waals surface area contributed by atoms with Crippen LogP contribution in [0.5, 0.6) is 0 Å². The first-order chi connectivity index (χ1) is 8.22. The predicted molar refractivity (Wildman–Crippen MR) is 69.5 cm³/mol. The zero-order chi connectivity index (χ0) is 12.7. The lowest BCUT2D eigenvalue weighted by Crippen LogP contribution is -2.42. The van der Waals surface area contributed by atoms with Gasteiger partial charge in [-0.25, -0.2) is 0 Å². The van der Waals surface area contributed by atoms with Crippen molar-refractivity contribution in [2.75, 3.05) is 20.2 Å². The van der Waals surface area contributed by atoms with Gasteiger partial charge in [-0.15, -0.1) is 0 Å². The second-order valence-electron chi connectivity index (χ2n) is 5.33. The van der Waals surface area contributed by atoms with Crippen molar-refractivity contribution in [1.82, 2.24) is 4.90 Å². The maximum Gasteiger partial charge on any atom is 0.0672 e. The van der Waals surface area contributed by atoms with Crippen molar-refractivity contribution in [1.29, 1.82) is 5.26 Å². The zero-order valence-electron chi connectivity index (χ0n) is 11.2. The summed E-state index contributed by atoms with van der Waals surface area (Å²) < 4.78 is 0. The molecule has 1 aliphatic rings. The van der Waals surface area contributed by atoms with E-state index in [2.05, 4.69) is 24.9 Å². The van der Waals surface area contributed by atoms with Gasteiger partial charge in [-0.3, -0.25) is 0 Å². The Kier molecular flexibility index (Phi) is 6.54. The van der Waals surface area contributed by atoms with Crippen LogP contribution in [0.3, 0.4) is 0 Å². The number of hydrogen-bond donors (Lipinski definition) is 1. The summed E-state index contributed by atoms with van der Waals surface area (Å²) >= 11 is 0. The molecule has 3 unspecified atom stereocenters. The largest absolute Gasteiger partial charge is 0.396 e. The van der Waals surface area contributed by atoms with Crippen molar-refractivity contribution in [2.24, 2.45) is 11.8 Å². The Morgan fingerprint density at radius 1 is 1.41 bits per heavy atom. The molecule has 0 aromatic heterocycles. The topological polar surface area (TPSA) is 47.3 Å². The fourth-order valence-electron chi connectivity index (χ4n) is 3.03. The van der Waals surface area contributed by atoms with Crippen LogP contribution in [-0.2, 0) is 0 Å². The monoisotopic (exact) mass is 238 g/mol. The minimum atomic E-state index is 0.187. The van der Waals surface area contributed by atoms with E-state index in [9.17, 15) is 5.26 Å². The molecule has 1 aliphatic carbocycles. The number of aliphatic hydroxyl groups is 1. The van der Waals surface area contributed by atoms with E-state index < -0.39 is 0 Å². The molecule has 17 heavy (non-hydrogen) atoms. The molecule has 0 bridgehead atoms. The summed E-state index contributed by atoms with van der Waals surface area (Å²) in [5.74, 6) is 0.984. The van der Waals surface area contributed by atoms with Gasteiger partial charge in [0.25, 0.3) is 0 Å². The van der Waals surface area contributed by atoms with Crippen LogP contribution in [0.25, 0.3) is 0 Å². The molecule has 0 saturated heterocycles. The van der Waals surface area contributed by atoms with Gasteiger partial charge in [-0.1, -0.05) is 19.8 Å². The minimum Gasteiger partial charge on any atom is -0.396 e. The summed E-state index contributed by atoms with van der Waals surface area (Å²) in [5, 5.41) is 18.1. The smallest absolute Gasteiger partial charge is 0.0672 e. The first-order valence-electron chi connectivity index (χ1n) is 6.93. The first kappa shape index (κ1) is 14.5. The second kappa shape index (κ2) is 7.68. The van der Waals surface area contributed by atoms with Gasteiger partial charge in [0.15, 0.2) is 0 Å². The van der Waals surface area contributed by atoms with E-state index in [1.165, 1.54) is 19.3 Å². The Morgan fingerprint density at radius 3 is 2.76 bits per heavy atom. The SMILES string of the molecule is CCCC1CCC(C#N)C(N(C)CCCO)C1. The maximum absolute atomic E-state index is 9.23. The van der Waals surface area contributed by atoms with E-state index in [0.29, 0.717) is 6.04 Å². The van der Waals surface area contributed by atoms with Crippen molar-refractivity contribution in [2.45, 2.75) is 51.5 Å². The summed E-state index contributed by atoms with van der Waals surface area (Å²) in [6, 6.07) is 2.87. The van der Waals surface area contributed by atoms with Gasteiger partial charge >= 0.3 is 0 Å². The Balaban J connectivity index is 2.53. The first-order valence-corrected chi connectivity index (χ1v) is 6.93.